The third-order valence-electron chi connectivity index (χ3n) is 2.88. The normalized spacial score (nSPS) is 13.5. The Balaban J connectivity index is 2.04. The first-order valence-electron chi connectivity index (χ1n) is 5.70. The summed E-state index contributed by atoms with van der Waals surface area (Å²) >= 11 is 0. The lowest BCUT2D eigenvalue weighted by Gasteiger charge is -2.11. The van der Waals surface area contributed by atoms with E-state index in [2.05, 4.69) is 38.1 Å². The van der Waals surface area contributed by atoms with Gasteiger partial charge in [-0.2, -0.15) is 0 Å². The lowest BCUT2D eigenvalue weighted by atomic mass is 10.0. The molecule has 1 heterocycles. The number of aryl methyl sites for hydroxylation is 2. The Morgan fingerprint density at radius 3 is 2.56 bits per heavy atom. The molecular formula is C13H19NO2. The first kappa shape index (κ1) is 11.3. The SMILES string of the molecule is Cc1cc2c(cc1CCCN(C)C)OCO2. The van der Waals surface area contributed by atoms with Crippen LogP contribution in [0.5, 0.6) is 11.5 Å². The van der Waals surface area contributed by atoms with Gasteiger partial charge in [0.1, 0.15) is 0 Å². The summed E-state index contributed by atoms with van der Waals surface area (Å²) in [4.78, 5) is 2.21. The summed E-state index contributed by atoms with van der Waals surface area (Å²) in [6, 6.07) is 4.20. The van der Waals surface area contributed by atoms with Crippen LogP contribution in [0.3, 0.4) is 0 Å². The number of hydrogen-bond donors (Lipinski definition) is 0. The van der Waals surface area contributed by atoms with Crippen molar-refractivity contribution in [3.05, 3.63) is 23.3 Å². The quantitative estimate of drug-likeness (QED) is 0.778. The molecule has 3 heteroatoms. The van der Waals surface area contributed by atoms with Crippen molar-refractivity contribution >= 4 is 0 Å². The second kappa shape index (κ2) is 4.74. The monoisotopic (exact) mass is 221 g/mol. The van der Waals surface area contributed by atoms with Gasteiger partial charge in [0.15, 0.2) is 11.5 Å². The number of benzene rings is 1. The average molecular weight is 221 g/mol. The van der Waals surface area contributed by atoms with Crippen LogP contribution in [-0.2, 0) is 6.42 Å². The maximum absolute atomic E-state index is 5.39. The minimum Gasteiger partial charge on any atom is -0.454 e. The van der Waals surface area contributed by atoms with Crippen molar-refractivity contribution in [1.82, 2.24) is 4.90 Å². The molecule has 1 aromatic rings. The molecule has 0 aromatic heterocycles. The van der Waals surface area contributed by atoms with E-state index < -0.39 is 0 Å². The second-order valence-electron chi connectivity index (χ2n) is 4.54. The van der Waals surface area contributed by atoms with Crippen molar-refractivity contribution in [2.75, 3.05) is 27.4 Å². The number of rotatable bonds is 4. The molecule has 0 radical (unpaired) electrons. The number of ether oxygens (including phenoxy) is 2. The van der Waals surface area contributed by atoms with Gasteiger partial charge in [-0.25, -0.2) is 0 Å². The van der Waals surface area contributed by atoms with Crippen LogP contribution in [0.1, 0.15) is 17.5 Å². The van der Waals surface area contributed by atoms with E-state index in [1.807, 2.05) is 0 Å². The first-order chi connectivity index (χ1) is 7.66. The fourth-order valence-electron chi connectivity index (χ4n) is 1.94. The Morgan fingerprint density at radius 2 is 1.88 bits per heavy atom. The molecule has 0 fully saturated rings. The van der Waals surface area contributed by atoms with Gasteiger partial charge >= 0.3 is 0 Å². The van der Waals surface area contributed by atoms with Crippen LogP contribution in [-0.4, -0.2) is 32.3 Å². The first-order valence-corrected chi connectivity index (χ1v) is 5.70. The molecule has 0 saturated carbocycles. The molecule has 0 saturated heterocycles. The van der Waals surface area contributed by atoms with Crippen molar-refractivity contribution in [3.63, 3.8) is 0 Å². The summed E-state index contributed by atoms with van der Waals surface area (Å²) in [5, 5.41) is 0. The standard InChI is InChI=1S/C13H19NO2/c1-10-7-12-13(16-9-15-12)8-11(10)5-4-6-14(2)3/h7-8H,4-6,9H2,1-3H3. The highest BCUT2D eigenvalue weighted by Crippen LogP contribution is 2.34. The Bertz CT molecular complexity index is 374. The van der Waals surface area contributed by atoms with Crippen LogP contribution in [0, 0.1) is 6.92 Å². The summed E-state index contributed by atoms with van der Waals surface area (Å²) in [6.07, 6.45) is 2.27. The zero-order valence-corrected chi connectivity index (χ0v) is 10.2. The predicted octanol–water partition coefficient (Wildman–Crippen LogP) is 2.22. The Morgan fingerprint density at radius 1 is 1.19 bits per heavy atom. The van der Waals surface area contributed by atoms with Crippen LogP contribution in [0.15, 0.2) is 12.1 Å². The topological polar surface area (TPSA) is 21.7 Å². The van der Waals surface area contributed by atoms with Gasteiger partial charge < -0.3 is 14.4 Å². The molecule has 0 atom stereocenters. The lowest BCUT2D eigenvalue weighted by Crippen LogP contribution is -2.13. The van der Waals surface area contributed by atoms with Crippen molar-refractivity contribution in [1.29, 1.82) is 0 Å². The highest BCUT2D eigenvalue weighted by Gasteiger charge is 2.15. The van der Waals surface area contributed by atoms with Gasteiger partial charge in [0.2, 0.25) is 6.79 Å². The molecule has 3 nitrogen and oxygen atoms in total. The van der Waals surface area contributed by atoms with Crippen LogP contribution in [0.2, 0.25) is 0 Å². The molecular weight excluding hydrogens is 202 g/mol. The second-order valence-corrected chi connectivity index (χ2v) is 4.54. The molecule has 1 aromatic carbocycles. The van der Waals surface area contributed by atoms with Crippen LogP contribution >= 0.6 is 0 Å². The van der Waals surface area contributed by atoms with E-state index in [9.17, 15) is 0 Å². The van der Waals surface area contributed by atoms with E-state index in [1.54, 1.807) is 0 Å². The summed E-state index contributed by atoms with van der Waals surface area (Å²) in [7, 11) is 4.21. The predicted molar refractivity (Wildman–Crippen MR) is 64.2 cm³/mol. The molecule has 0 bridgehead atoms. The molecule has 88 valence electrons. The fourth-order valence-corrected chi connectivity index (χ4v) is 1.94. The smallest absolute Gasteiger partial charge is 0.231 e. The maximum atomic E-state index is 5.39. The Kier molecular flexibility index (Phi) is 3.34. The molecule has 2 rings (SSSR count). The fraction of sp³-hybridized carbons (Fsp3) is 0.538. The minimum atomic E-state index is 0.357. The molecule has 1 aliphatic rings. The summed E-state index contributed by atoms with van der Waals surface area (Å²) < 4.78 is 10.7. The lowest BCUT2D eigenvalue weighted by molar-refractivity contribution is 0.174. The van der Waals surface area contributed by atoms with Crippen molar-refractivity contribution in [3.8, 4) is 11.5 Å². The zero-order valence-electron chi connectivity index (χ0n) is 10.2. The Hall–Kier alpha value is -1.22. The van der Waals surface area contributed by atoms with Gasteiger partial charge in [-0.1, -0.05) is 0 Å². The van der Waals surface area contributed by atoms with Crippen LogP contribution < -0.4 is 9.47 Å². The van der Waals surface area contributed by atoms with Crippen molar-refractivity contribution < 1.29 is 9.47 Å². The molecule has 0 spiro atoms. The van der Waals surface area contributed by atoms with E-state index >= 15 is 0 Å². The van der Waals surface area contributed by atoms with E-state index in [4.69, 9.17) is 9.47 Å². The largest absolute Gasteiger partial charge is 0.454 e. The van der Waals surface area contributed by atoms with Crippen LogP contribution in [0.4, 0.5) is 0 Å². The third kappa shape index (κ3) is 2.47. The van der Waals surface area contributed by atoms with E-state index in [1.165, 1.54) is 17.5 Å². The minimum absolute atomic E-state index is 0.357. The highest BCUT2D eigenvalue weighted by molar-refractivity contribution is 5.48. The van der Waals surface area contributed by atoms with Crippen LogP contribution in [0.25, 0.3) is 0 Å². The Labute approximate surface area is 97.0 Å². The maximum Gasteiger partial charge on any atom is 0.231 e. The van der Waals surface area contributed by atoms with Gasteiger partial charge in [-0.3, -0.25) is 0 Å². The van der Waals surface area contributed by atoms with Gasteiger partial charge in [-0.05, 0) is 63.7 Å². The molecule has 0 unspecified atom stereocenters. The van der Waals surface area contributed by atoms with Gasteiger partial charge in [0, 0.05) is 0 Å². The molecule has 16 heavy (non-hydrogen) atoms. The van der Waals surface area contributed by atoms with Gasteiger partial charge in [0.25, 0.3) is 0 Å². The van der Waals surface area contributed by atoms with Gasteiger partial charge in [-0.15, -0.1) is 0 Å². The third-order valence-corrected chi connectivity index (χ3v) is 2.88. The number of fused-ring (bicyclic) bond motifs is 1. The van der Waals surface area contributed by atoms with Gasteiger partial charge in [0.05, 0.1) is 0 Å². The molecule has 0 amide bonds. The number of hydrogen-bond acceptors (Lipinski definition) is 3. The zero-order chi connectivity index (χ0) is 11.5. The van der Waals surface area contributed by atoms with Crippen molar-refractivity contribution in [2.24, 2.45) is 0 Å². The molecule has 0 aliphatic carbocycles. The highest BCUT2D eigenvalue weighted by atomic mass is 16.7. The van der Waals surface area contributed by atoms with E-state index in [0.717, 1.165) is 24.5 Å². The summed E-state index contributed by atoms with van der Waals surface area (Å²) in [5.74, 6) is 1.78. The molecule has 1 aliphatic heterocycles. The number of nitrogens with zero attached hydrogens (tertiary/aromatic N) is 1. The molecule has 0 N–H and O–H groups in total. The average Bonchev–Trinajstić information content (AvgIpc) is 2.64. The summed E-state index contributed by atoms with van der Waals surface area (Å²) in [6.45, 7) is 3.61. The van der Waals surface area contributed by atoms with Crippen molar-refractivity contribution in [2.45, 2.75) is 19.8 Å². The summed E-state index contributed by atoms with van der Waals surface area (Å²) in [5.41, 5.74) is 2.66. The van der Waals surface area contributed by atoms with E-state index in [-0.39, 0.29) is 0 Å². The van der Waals surface area contributed by atoms with E-state index in [0.29, 0.717) is 6.79 Å².